The fourth-order valence-corrected chi connectivity index (χ4v) is 3.71. The normalized spacial score (nSPS) is 24.3. The molecule has 2 heterocycles. The molecule has 1 fully saturated rings. The van der Waals surface area contributed by atoms with Gasteiger partial charge in [0.05, 0.1) is 0 Å². The topological polar surface area (TPSA) is 15.3 Å². The molecule has 1 aliphatic rings. The zero-order valence-corrected chi connectivity index (χ0v) is 12.9. The number of hydrogen-bond acceptors (Lipinski definition) is 3. The molecule has 2 nitrogen and oxygen atoms in total. The lowest BCUT2D eigenvalue weighted by atomic mass is 9.88. The Bertz CT molecular complexity index is 382. The minimum absolute atomic E-state index is 0.331. The Morgan fingerprint density at radius 1 is 1.44 bits per heavy atom. The van der Waals surface area contributed by atoms with Crippen LogP contribution in [0.25, 0.3) is 0 Å². The van der Waals surface area contributed by atoms with E-state index >= 15 is 0 Å². The number of hydrogen-bond donors (Lipinski definition) is 1. The van der Waals surface area contributed by atoms with Gasteiger partial charge in [0.2, 0.25) is 0 Å². The third-order valence-corrected chi connectivity index (χ3v) is 5.58. The fourth-order valence-electron chi connectivity index (χ4n) is 2.78. The number of thiophene rings is 1. The average Bonchev–Trinajstić information content (AvgIpc) is 2.78. The average molecular weight is 266 g/mol. The molecule has 0 saturated carbocycles. The second-order valence-corrected chi connectivity index (χ2v) is 6.65. The van der Waals surface area contributed by atoms with Gasteiger partial charge in [0.25, 0.3) is 0 Å². The SMILES string of the molecule is CCC1(CC)CN(Cc2sccc2C)C(C)CN1. The van der Waals surface area contributed by atoms with Crippen LogP contribution in [0, 0.1) is 6.92 Å². The second-order valence-electron chi connectivity index (χ2n) is 5.65. The van der Waals surface area contributed by atoms with Crippen molar-refractivity contribution in [1.82, 2.24) is 10.2 Å². The minimum Gasteiger partial charge on any atom is -0.308 e. The number of rotatable bonds is 4. The lowest BCUT2D eigenvalue weighted by molar-refractivity contribution is 0.0753. The predicted molar refractivity (Wildman–Crippen MR) is 80.2 cm³/mol. The monoisotopic (exact) mass is 266 g/mol. The van der Waals surface area contributed by atoms with Crippen LogP contribution in [0.5, 0.6) is 0 Å². The first kappa shape index (κ1) is 14.0. The first-order chi connectivity index (χ1) is 8.60. The first-order valence-corrected chi connectivity index (χ1v) is 8.00. The van der Waals surface area contributed by atoms with Crippen molar-refractivity contribution in [2.45, 2.75) is 58.7 Å². The summed E-state index contributed by atoms with van der Waals surface area (Å²) in [5.41, 5.74) is 1.78. The van der Waals surface area contributed by atoms with Gasteiger partial charge < -0.3 is 5.32 Å². The lowest BCUT2D eigenvalue weighted by Crippen LogP contribution is -2.62. The molecule has 0 amide bonds. The van der Waals surface area contributed by atoms with Gasteiger partial charge in [0, 0.05) is 36.1 Å². The Labute approximate surface area is 115 Å². The highest BCUT2D eigenvalue weighted by Gasteiger charge is 2.35. The highest BCUT2D eigenvalue weighted by atomic mass is 32.1. The van der Waals surface area contributed by atoms with Crippen molar-refractivity contribution in [2.24, 2.45) is 0 Å². The van der Waals surface area contributed by atoms with Crippen LogP contribution >= 0.6 is 11.3 Å². The van der Waals surface area contributed by atoms with Crippen LogP contribution in [-0.4, -0.2) is 29.6 Å². The van der Waals surface area contributed by atoms with Gasteiger partial charge >= 0.3 is 0 Å². The molecule has 1 N–H and O–H groups in total. The Morgan fingerprint density at radius 2 is 2.17 bits per heavy atom. The molecule has 1 unspecified atom stereocenters. The van der Waals surface area contributed by atoms with Gasteiger partial charge in [-0.3, -0.25) is 4.90 Å². The van der Waals surface area contributed by atoms with Gasteiger partial charge in [-0.15, -0.1) is 11.3 Å². The van der Waals surface area contributed by atoms with E-state index in [1.54, 1.807) is 0 Å². The summed E-state index contributed by atoms with van der Waals surface area (Å²) < 4.78 is 0. The fraction of sp³-hybridized carbons (Fsp3) is 0.733. The van der Waals surface area contributed by atoms with Crippen LogP contribution in [0.1, 0.15) is 44.1 Å². The molecular formula is C15H26N2S. The number of piperazine rings is 1. The molecule has 1 aromatic heterocycles. The molecule has 1 atom stereocenters. The summed E-state index contributed by atoms with van der Waals surface area (Å²) in [5.74, 6) is 0. The van der Waals surface area contributed by atoms with Gasteiger partial charge in [0.15, 0.2) is 0 Å². The van der Waals surface area contributed by atoms with Gasteiger partial charge in [-0.2, -0.15) is 0 Å². The molecule has 0 aliphatic carbocycles. The smallest absolute Gasteiger partial charge is 0.0334 e. The quantitative estimate of drug-likeness (QED) is 0.898. The van der Waals surface area contributed by atoms with Crippen LogP contribution in [0.15, 0.2) is 11.4 Å². The molecule has 0 aromatic carbocycles. The Kier molecular flexibility index (Phi) is 4.46. The summed E-state index contributed by atoms with van der Waals surface area (Å²) in [4.78, 5) is 4.19. The summed E-state index contributed by atoms with van der Waals surface area (Å²) in [6, 6.07) is 2.87. The highest BCUT2D eigenvalue weighted by Crippen LogP contribution is 2.26. The van der Waals surface area contributed by atoms with Crippen molar-refractivity contribution in [3.8, 4) is 0 Å². The lowest BCUT2D eigenvalue weighted by Gasteiger charge is -2.46. The predicted octanol–water partition coefficient (Wildman–Crippen LogP) is 3.41. The molecular weight excluding hydrogens is 240 g/mol. The number of aryl methyl sites for hydroxylation is 1. The Balaban J connectivity index is 2.08. The van der Waals surface area contributed by atoms with Gasteiger partial charge in [-0.05, 0) is 43.7 Å². The van der Waals surface area contributed by atoms with Crippen LogP contribution in [0.3, 0.4) is 0 Å². The summed E-state index contributed by atoms with van der Waals surface area (Å²) in [6.45, 7) is 12.6. The summed E-state index contributed by atoms with van der Waals surface area (Å²) in [6.07, 6.45) is 2.44. The zero-order valence-electron chi connectivity index (χ0n) is 12.1. The van der Waals surface area contributed by atoms with Crippen molar-refractivity contribution in [1.29, 1.82) is 0 Å². The minimum atomic E-state index is 0.331. The molecule has 0 bridgehead atoms. The molecule has 0 radical (unpaired) electrons. The van der Waals surface area contributed by atoms with Crippen molar-refractivity contribution in [2.75, 3.05) is 13.1 Å². The molecule has 0 spiro atoms. The Morgan fingerprint density at radius 3 is 2.72 bits per heavy atom. The molecule has 1 aromatic rings. The molecule has 1 saturated heterocycles. The highest BCUT2D eigenvalue weighted by molar-refractivity contribution is 7.10. The van der Waals surface area contributed by atoms with Crippen molar-refractivity contribution in [3.05, 3.63) is 21.9 Å². The second kappa shape index (κ2) is 5.72. The van der Waals surface area contributed by atoms with Gasteiger partial charge in [-0.1, -0.05) is 13.8 Å². The van der Waals surface area contributed by atoms with E-state index in [4.69, 9.17) is 0 Å². The van der Waals surface area contributed by atoms with Crippen LogP contribution in [0.2, 0.25) is 0 Å². The van der Waals surface area contributed by atoms with E-state index in [1.807, 2.05) is 11.3 Å². The molecule has 102 valence electrons. The molecule has 1 aliphatic heterocycles. The largest absolute Gasteiger partial charge is 0.308 e. The number of nitrogens with zero attached hydrogens (tertiary/aromatic N) is 1. The van der Waals surface area contributed by atoms with E-state index in [0.29, 0.717) is 11.6 Å². The van der Waals surface area contributed by atoms with Gasteiger partial charge in [-0.25, -0.2) is 0 Å². The van der Waals surface area contributed by atoms with Crippen LogP contribution < -0.4 is 5.32 Å². The third-order valence-electron chi connectivity index (χ3n) is 4.57. The van der Waals surface area contributed by atoms with Crippen molar-refractivity contribution in [3.63, 3.8) is 0 Å². The van der Waals surface area contributed by atoms with Crippen LogP contribution in [0.4, 0.5) is 0 Å². The van der Waals surface area contributed by atoms with E-state index in [-0.39, 0.29) is 0 Å². The maximum absolute atomic E-state index is 3.77. The van der Waals surface area contributed by atoms with Crippen molar-refractivity contribution >= 4 is 11.3 Å². The first-order valence-electron chi connectivity index (χ1n) is 7.12. The summed E-state index contributed by atoms with van der Waals surface area (Å²) in [5, 5.41) is 5.98. The standard InChI is InChI=1S/C15H26N2S/c1-5-15(6-2)11-17(13(4)9-16-15)10-14-12(3)7-8-18-14/h7-8,13,16H,5-6,9-11H2,1-4H3. The number of nitrogens with one attached hydrogen (secondary N) is 1. The zero-order chi connectivity index (χ0) is 13.2. The van der Waals surface area contributed by atoms with E-state index in [1.165, 1.54) is 29.8 Å². The summed E-state index contributed by atoms with van der Waals surface area (Å²) in [7, 11) is 0. The van der Waals surface area contributed by atoms with E-state index in [2.05, 4.69) is 49.4 Å². The van der Waals surface area contributed by atoms with Gasteiger partial charge in [0.1, 0.15) is 0 Å². The van der Waals surface area contributed by atoms with Crippen LogP contribution in [-0.2, 0) is 6.54 Å². The van der Waals surface area contributed by atoms with E-state index in [0.717, 1.165) is 13.1 Å². The summed E-state index contributed by atoms with van der Waals surface area (Å²) >= 11 is 1.90. The third kappa shape index (κ3) is 2.79. The maximum atomic E-state index is 3.77. The van der Waals surface area contributed by atoms with E-state index < -0.39 is 0 Å². The Hall–Kier alpha value is -0.380. The van der Waals surface area contributed by atoms with E-state index in [9.17, 15) is 0 Å². The van der Waals surface area contributed by atoms with Crippen molar-refractivity contribution < 1.29 is 0 Å². The maximum Gasteiger partial charge on any atom is 0.0334 e. The molecule has 18 heavy (non-hydrogen) atoms. The molecule has 3 heteroatoms. The molecule has 2 rings (SSSR count).